The zero-order valence-electron chi connectivity index (χ0n) is 9.29. The summed E-state index contributed by atoms with van der Waals surface area (Å²) in [6.45, 7) is 13.3. The van der Waals surface area contributed by atoms with Gasteiger partial charge in [-0.3, -0.25) is 4.90 Å². The Hall–Kier alpha value is -0.340. The standard InChI is InChI=1S/C11H24N2/c1-5-7-13(8-6-2)9-11(12)10(3)4/h5,10-11H,1,6-9,12H2,2-4H3. The summed E-state index contributed by atoms with van der Waals surface area (Å²) in [5, 5.41) is 0. The normalized spacial score (nSPS) is 13.7. The van der Waals surface area contributed by atoms with E-state index in [9.17, 15) is 0 Å². The molecular formula is C11H24N2. The number of nitrogens with zero attached hydrogens (tertiary/aromatic N) is 1. The number of nitrogens with two attached hydrogens (primary N) is 1. The molecule has 0 aromatic heterocycles. The fraction of sp³-hybridized carbons (Fsp3) is 0.818. The summed E-state index contributed by atoms with van der Waals surface area (Å²) in [5.41, 5.74) is 6.00. The molecule has 78 valence electrons. The highest BCUT2D eigenvalue weighted by atomic mass is 15.1. The van der Waals surface area contributed by atoms with Crippen molar-refractivity contribution in [1.29, 1.82) is 0 Å². The van der Waals surface area contributed by atoms with Gasteiger partial charge in [-0.25, -0.2) is 0 Å². The van der Waals surface area contributed by atoms with Gasteiger partial charge in [-0.05, 0) is 18.9 Å². The predicted molar refractivity (Wildman–Crippen MR) is 59.7 cm³/mol. The second-order valence-corrected chi connectivity index (χ2v) is 3.96. The summed E-state index contributed by atoms with van der Waals surface area (Å²) in [6.07, 6.45) is 3.13. The summed E-state index contributed by atoms with van der Waals surface area (Å²) in [6, 6.07) is 0.284. The van der Waals surface area contributed by atoms with E-state index in [4.69, 9.17) is 5.73 Å². The molecule has 0 heterocycles. The molecule has 0 spiro atoms. The fourth-order valence-corrected chi connectivity index (χ4v) is 1.26. The van der Waals surface area contributed by atoms with E-state index in [1.165, 1.54) is 6.42 Å². The van der Waals surface area contributed by atoms with Crippen LogP contribution < -0.4 is 5.73 Å². The lowest BCUT2D eigenvalue weighted by Gasteiger charge is -2.25. The molecule has 0 aromatic carbocycles. The average molecular weight is 184 g/mol. The molecule has 0 saturated carbocycles. The smallest absolute Gasteiger partial charge is 0.0191 e. The Morgan fingerprint density at radius 1 is 1.46 bits per heavy atom. The van der Waals surface area contributed by atoms with Gasteiger partial charge in [0.15, 0.2) is 0 Å². The minimum atomic E-state index is 0.284. The minimum Gasteiger partial charge on any atom is -0.326 e. The minimum absolute atomic E-state index is 0.284. The Morgan fingerprint density at radius 2 is 2.08 bits per heavy atom. The van der Waals surface area contributed by atoms with Gasteiger partial charge >= 0.3 is 0 Å². The van der Waals surface area contributed by atoms with E-state index in [2.05, 4.69) is 32.3 Å². The first-order valence-electron chi connectivity index (χ1n) is 5.20. The number of hydrogen-bond acceptors (Lipinski definition) is 2. The molecule has 0 aliphatic rings. The van der Waals surface area contributed by atoms with Crippen LogP contribution in [0.2, 0.25) is 0 Å². The summed E-state index contributed by atoms with van der Waals surface area (Å²) < 4.78 is 0. The maximum atomic E-state index is 6.00. The molecule has 0 bridgehead atoms. The van der Waals surface area contributed by atoms with Crippen LogP contribution in [0.15, 0.2) is 12.7 Å². The van der Waals surface area contributed by atoms with Gasteiger partial charge in [0.2, 0.25) is 0 Å². The molecule has 1 unspecified atom stereocenters. The van der Waals surface area contributed by atoms with E-state index in [0.717, 1.165) is 19.6 Å². The van der Waals surface area contributed by atoms with E-state index in [1.54, 1.807) is 0 Å². The highest BCUT2D eigenvalue weighted by Crippen LogP contribution is 2.02. The van der Waals surface area contributed by atoms with Crippen molar-refractivity contribution in [3.8, 4) is 0 Å². The first-order chi connectivity index (χ1) is 6.11. The first-order valence-corrected chi connectivity index (χ1v) is 5.20. The van der Waals surface area contributed by atoms with E-state index < -0.39 is 0 Å². The lowest BCUT2D eigenvalue weighted by atomic mass is 10.1. The second-order valence-electron chi connectivity index (χ2n) is 3.96. The van der Waals surface area contributed by atoms with Gasteiger partial charge < -0.3 is 5.73 Å². The van der Waals surface area contributed by atoms with Crippen LogP contribution in [0.5, 0.6) is 0 Å². The molecule has 2 nitrogen and oxygen atoms in total. The first kappa shape index (κ1) is 12.7. The van der Waals surface area contributed by atoms with Gasteiger partial charge in [-0.2, -0.15) is 0 Å². The molecule has 0 aromatic rings. The second kappa shape index (κ2) is 7.10. The Kier molecular flexibility index (Phi) is 6.92. The monoisotopic (exact) mass is 184 g/mol. The van der Waals surface area contributed by atoms with Crippen molar-refractivity contribution in [1.82, 2.24) is 4.90 Å². The van der Waals surface area contributed by atoms with Gasteiger partial charge in [0, 0.05) is 19.1 Å². The van der Waals surface area contributed by atoms with Crippen molar-refractivity contribution in [2.24, 2.45) is 11.7 Å². The average Bonchev–Trinajstić information content (AvgIpc) is 2.05. The van der Waals surface area contributed by atoms with E-state index in [-0.39, 0.29) is 6.04 Å². The van der Waals surface area contributed by atoms with E-state index in [0.29, 0.717) is 5.92 Å². The SMILES string of the molecule is C=CCN(CCC)CC(N)C(C)C. The predicted octanol–water partition coefficient (Wildman–Crippen LogP) is 1.87. The van der Waals surface area contributed by atoms with E-state index in [1.807, 2.05) is 6.08 Å². The topological polar surface area (TPSA) is 29.3 Å². The van der Waals surface area contributed by atoms with Gasteiger partial charge in [-0.1, -0.05) is 26.8 Å². The van der Waals surface area contributed by atoms with Crippen LogP contribution in [-0.2, 0) is 0 Å². The van der Waals surface area contributed by atoms with Crippen LogP contribution in [-0.4, -0.2) is 30.6 Å². The van der Waals surface area contributed by atoms with Crippen molar-refractivity contribution < 1.29 is 0 Å². The Labute approximate surface area is 82.8 Å². The molecule has 2 heteroatoms. The lowest BCUT2D eigenvalue weighted by Crippen LogP contribution is -2.41. The highest BCUT2D eigenvalue weighted by molar-refractivity contribution is 4.77. The molecule has 0 saturated heterocycles. The number of hydrogen-bond donors (Lipinski definition) is 1. The third kappa shape index (κ3) is 5.83. The van der Waals surface area contributed by atoms with Gasteiger partial charge in [0.1, 0.15) is 0 Å². The van der Waals surface area contributed by atoms with Crippen LogP contribution in [0, 0.1) is 5.92 Å². The molecule has 0 radical (unpaired) electrons. The molecule has 0 aliphatic heterocycles. The Bertz CT molecular complexity index is 132. The summed E-state index contributed by atoms with van der Waals surface area (Å²) in [5.74, 6) is 0.559. The van der Waals surface area contributed by atoms with Crippen molar-refractivity contribution >= 4 is 0 Å². The maximum absolute atomic E-state index is 6.00. The summed E-state index contributed by atoms with van der Waals surface area (Å²) >= 11 is 0. The van der Waals surface area contributed by atoms with Crippen molar-refractivity contribution in [2.75, 3.05) is 19.6 Å². The zero-order valence-corrected chi connectivity index (χ0v) is 9.29. The third-order valence-electron chi connectivity index (χ3n) is 2.25. The molecule has 13 heavy (non-hydrogen) atoms. The van der Waals surface area contributed by atoms with Crippen molar-refractivity contribution in [3.63, 3.8) is 0 Å². The third-order valence-corrected chi connectivity index (χ3v) is 2.25. The Morgan fingerprint density at radius 3 is 2.46 bits per heavy atom. The molecule has 0 amide bonds. The molecule has 0 rings (SSSR count). The van der Waals surface area contributed by atoms with Crippen molar-refractivity contribution in [2.45, 2.75) is 33.2 Å². The Balaban J connectivity index is 3.85. The summed E-state index contributed by atoms with van der Waals surface area (Å²) in [4.78, 5) is 2.36. The van der Waals surface area contributed by atoms with Crippen LogP contribution in [0.1, 0.15) is 27.2 Å². The maximum Gasteiger partial charge on any atom is 0.0191 e. The van der Waals surface area contributed by atoms with Gasteiger partial charge in [0.05, 0.1) is 0 Å². The molecular weight excluding hydrogens is 160 g/mol. The summed E-state index contributed by atoms with van der Waals surface area (Å²) in [7, 11) is 0. The molecule has 0 aliphatic carbocycles. The largest absolute Gasteiger partial charge is 0.326 e. The quantitative estimate of drug-likeness (QED) is 0.612. The van der Waals surface area contributed by atoms with Crippen LogP contribution >= 0.6 is 0 Å². The molecule has 0 fully saturated rings. The number of rotatable bonds is 7. The highest BCUT2D eigenvalue weighted by Gasteiger charge is 2.11. The molecule has 2 N–H and O–H groups in total. The zero-order chi connectivity index (χ0) is 10.3. The van der Waals surface area contributed by atoms with Gasteiger partial charge in [-0.15, -0.1) is 6.58 Å². The van der Waals surface area contributed by atoms with Crippen LogP contribution in [0.25, 0.3) is 0 Å². The lowest BCUT2D eigenvalue weighted by molar-refractivity contribution is 0.260. The van der Waals surface area contributed by atoms with E-state index >= 15 is 0 Å². The van der Waals surface area contributed by atoms with Crippen LogP contribution in [0.4, 0.5) is 0 Å². The fourth-order valence-electron chi connectivity index (χ4n) is 1.26. The van der Waals surface area contributed by atoms with Crippen molar-refractivity contribution in [3.05, 3.63) is 12.7 Å². The van der Waals surface area contributed by atoms with Crippen LogP contribution in [0.3, 0.4) is 0 Å². The van der Waals surface area contributed by atoms with Gasteiger partial charge in [0.25, 0.3) is 0 Å². The molecule has 1 atom stereocenters.